The van der Waals surface area contributed by atoms with Crippen molar-refractivity contribution in [2.75, 3.05) is 12.3 Å². The second kappa shape index (κ2) is 20.2. The van der Waals surface area contributed by atoms with E-state index in [0.717, 1.165) is 25.7 Å². The Bertz CT molecular complexity index is 720. The summed E-state index contributed by atoms with van der Waals surface area (Å²) in [4.78, 5) is 35.1. The van der Waals surface area contributed by atoms with Gasteiger partial charge in [0.25, 0.3) is 0 Å². The molecule has 0 fully saturated rings. The van der Waals surface area contributed by atoms with E-state index in [9.17, 15) is 24.6 Å². The summed E-state index contributed by atoms with van der Waals surface area (Å²) < 4.78 is 0. The van der Waals surface area contributed by atoms with Crippen molar-refractivity contribution in [3.05, 3.63) is 48.6 Å². The second-order valence-electron chi connectivity index (χ2n) is 7.96. The first-order chi connectivity index (χ1) is 16.2. The third kappa shape index (κ3) is 16.4. The lowest BCUT2D eigenvalue weighted by Crippen LogP contribution is -2.45. The molecule has 0 aliphatic rings. The molecule has 0 aliphatic carbocycles. The summed E-state index contributed by atoms with van der Waals surface area (Å²) in [7, 11) is 0. The Hall–Kier alpha value is -2.20. The lowest BCUT2D eigenvalue weighted by atomic mass is 9.92. The molecule has 0 aromatic carbocycles. The van der Waals surface area contributed by atoms with Crippen LogP contribution in [0.2, 0.25) is 0 Å². The van der Waals surface area contributed by atoms with E-state index in [1.807, 2.05) is 0 Å². The van der Waals surface area contributed by atoms with E-state index < -0.39 is 41.8 Å². The summed E-state index contributed by atoms with van der Waals surface area (Å²) >= 11 is 3.94. The van der Waals surface area contributed by atoms with Crippen molar-refractivity contribution in [1.29, 1.82) is 0 Å². The minimum Gasteiger partial charge on any atom is -0.481 e. The SMILES string of the molecule is CCCCC[C@H](O)/C=C/C=C\C=C\C=C\[C@@H](C(=O)CNC(=O)[C@H](N)CS)[C@@H](O)CCCC(=O)O. The van der Waals surface area contributed by atoms with Crippen molar-refractivity contribution in [2.24, 2.45) is 11.7 Å². The molecule has 0 radical (unpaired) electrons. The molecule has 0 bridgehead atoms. The van der Waals surface area contributed by atoms with E-state index in [1.54, 1.807) is 42.5 Å². The quantitative estimate of drug-likeness (QED) is 0.0912. The number of aliphatic carboxylic acids is 1. The molecule has 9 heteroatoms. The average molecular weight is 497 g/mol. The van der Waals surface area contributed by atoms with Crippen LogP contribution in [0.15, 0.2) is 48.6 Å². The number of unbranched alkanes of at least 4 members (excludes halogenated alkanes) is 2. The number of carboxylic acid groups (broad SMARTS) is 1. The van der Waals surface area contributed by atoms with E-state index in [4.69, 9.17) is 10.8 Å². The van der Waals surface area contributed by atoms with Crippen LogP contribution in [0, 0.1) is 5.92 Å². The number of nitrogens with one attached hydrogen (secondary N) is 1. The lowest BCUT2D eigenvalue weighted by molar-refractivity contribution is -0.137. The largest absolute Gasteiger partial charge is 0.481 e. The van der Waals surface area contributed by atoms with Crippen LogP contribution in [0.5, 0.6) is 0 Å². The third-order valence-corrected chi connectivity index (χ3v) is 5.35. The van der Waals surface area contributed by atoms with Gasteiger partial charge in [-0.05, 0) is 19.3 Å². The fourth-order valence-corrected chi connectivity index (χ4v) is 3.10. The Morgan fingerprint density at radius 1 is 0.941 bits per heavy atom. The summed E-state index contributed by atoms with van der Waals surface area (Å²) in [5, 5.41) is 31.5. The monoisotopic (exact) mass is 496 g/mol. The number of carboxylic acids is 1. The van der Waals surface area contributed by atoms with Gasteiger partial charge in [0.2, 0.25) is 5.91 Å². The maximum Gasteiger partial charge on any atom is 0.303 e. The zero-order chi connectivity index (χ0) is 25.8. The summed E-state index contributed by atoms with van der Waals surface area (Å²) in [6.07, 6.45) is 16.2. The lowest BCUT2D eigenvalue weighted by Gasteiger charge is -2.19. The van der Waals surface area contributed by atoms with Crippen LogP contribution in [-0.2, 0) is 14.4 Å². The van der Waals surface area contributed by atoms with Gasteiger partial charge in [-0.3, -0.25) is 14.4 Å². The Morgan fingerprint density at radius 3 is 2.15 bits per heavy atom. The second-order valence-corrected chi connectivity index (χ2v) is 8.32. The van der Waals surface area contributed by atoms with Crippen molar-refractivity contribution in [2.45, 2.75) is 70.1 Å². The van der Waals surface area contributed by atoms with Gasteiger partial charge in [-0.2, -0.15) is 12.6 Å². The predicted octanol–water partition coefficient (Wildman–Crippen LogP) is 2.33. The van der Waals surface area contributed by atoms with E-state index in [1.165, 1.54) is 6.08 Å². The molecule has 0 aromatic rings. The van der Waals surface area contributed by atoms with Gasteiger partial charge < -0.3 is 26.4 Å². The van der Waals surface area contributed by atoms with Gasteiger partial charge in [0.15, 0.2) is 5.78 Å². The molecule has 0 heterocycles. The highest BCUT2D eigenvalue weighted by Gasteiger charge is 2.25. The standard InChI is InChI=1S/C25H40N2O6S/c1-2-3-8-12-19(28)13-9-6-4-5-7-10-14-20(22(29)15-11-16-24(31)32)23(30)17-27-25(33)21(26)18-34/h4-7,9-10,13-14,19-22,28-29,34H,2-3,8,11-12,15-18,26H2,1H3,(H,27,33)(H,31,32)/b6-4-,7-5+,13-9+,14-10+/t19-,20+,21+,22-/m0/s1. The highest BCUT2D eigenvalue weighted by molar-refractivity contribution is 7.80. The molecule has 0 aromatic heterocycles. The number of carbonyl (C=O) groups excluding carboxylic acids is 2. The Kier molecular flexibility index (Phi) is 18.9. The van der Waals surface area contributed by atoms with Gasteiger partial charge in [-0.15, -0.1) is 0 Å². The molecule has 0 saturated heterocycles. The number of nitrogens with two attached hydrogens (primary N) is 1. The van der Waals surface area contributed by atoms with Gasteiger partial charge >= 0.3 is 5.97 Å². The molecule has 0 saturated carbocycles. The van der Waals surface area contributed by atoms with Gasteiger partial charge in [0.1, 0.15) is 0 Å². The Morgan fingerprint density at radius 2 is 1.56 bits per heavy atom. The number of hydrogen-bond donors (Lipinski definition) is 6. The molecule has 6 N–H and O–H groups in total. The highest BCUT2D eigenvalue weighted by Crippen LogP contribution is 2.14. The van der Waals surface area contributed by atoms with Crippen LogP contribution in [0.4, 0.5) is 0 Å². The highest BCUT2D eigenvalue weighted by atomic mass is 32.1. The summed E-state index contributed by atoms with van der Waals surface area (Å²) in [6, 6.07) is -0.841. The number of Topliss-reactive ketones (excluding diaryl/α,β-unsaturated/α-hetero) is 1. The Balaban J connectivity index is 4.89. The molecule has 8 nitrogen and oxygen atoms in total. The van der Waals surface area contributed by atoms with Gasteiger partial charge in [-0.25, -0.2) is 0 Å². The van der Waals surface area contributed by atoms with Crippen molar-refractivity contribution >= 4 is 30.3 Å². The van der Waals surface area contributed by atoms with Crippen LogP contribution >= 0.6 is 12.6 Å². The maximum atomic E-state index is 12.6. The van der Waals surface area contributed by atoms with Crippen molar-refractivity contribution in [1.82, 2.24) is 5.32 Å². The smallest absolute Gasteiger partial charge is 0.303 e. The van der Waals surface area contributed by atoms with Crippen LogP contribution in [0.3, 0.4) is 0 Å². The molecule has 0 rings (SSSR count). The van der Waals surface area contributed by atoms with Crippen molar-refractivity contribution < 1.29 is 29.7 Å². The van der Waals surface area contributed by atoms with Gasteiger partial charge in [0, 0.05) is 12.2 Å². The molecule has 4 atom stereocenters. The number of hydrogen-bond acceptors (Lipinski definition) is 7. The molecule has 192 valence electrons. The predicted molar refractivity (Wildman–Crippen MR) is 138 cm³/mol. The van der Waals surface area contributed by atoms with Crippen molar-refractivity contribution in [3.8, 4) is 0 Å². The molecule has 0 unspecified atom stereocenters. The number of ketones is 1. The first kappa shape index (κ1) is 31.8. The number of amides is 1. The maximum absolute atomic E-state index is 12.6. The molecular weight excluding hydrogens is 456 g/mol. The first-order valence-electron chi connectivity index (χ1n) is 11.7. The topological polar surface area (TPSA) is 150 Å². The fraction of sp³-hybridized carbons (Fsp3) is 0.560. The minimum atomic E-state index is -1.08. The Labute approximate surface area is 208 Å². The molecule has 1 amide bonds. The number of allylic oxidation sites excluding steroid dienone is 6. The number of thiol groups is 1. The number of carbonyl (C=O) groups is 3. The molecule has 0 spiro atoms. The van der Waals surface area contributed by atoms with Crippen LogP contribution in [-0.4, -0.2) is 63.5 Å². The molecule has 34 heavy (non-hydrogen) atoms. The van der Waals surface area contributed by atoms with E-state index in [-0.39, 0.29) is 31.6 Å². The first-order valence-corrected chi connectivity index (χ1v) is 12.3. The third-order valence-electron chi connectivity index (χ3n) is 4.96. The van der Waals surface area contributed by atoms with Crippen LogP contribution in [0.1, 0.15) is 51.9 Å². The minimum absolute atomic E-state index is 0.110. The zero-order valence-electron chi connectivity index (χ0n) is 19.9. The summed E-state index contributed by atoms with van der Waals surface area (Å²) in [5.41, 5.74) is 5.57. The number of rotatable bonds is 19. The van der Waals surface area contributed by atoms with Crippen molar-refractivity contribution in [3.63, 3.8) is 0 Å². The van der Waals surface area contributed by atoms with Gasteiger partial charge in [-0.1, -0.05) is 74.8 Å². The summed E-state index contributed by atoms with van der Waals surface area (Å²) in [5.74, 6) is -2.68. The van der Waals surface area contributed by atoms with E-state index in [0.29, 0.717) is 0 Å². The summed E-state index contributed by atoms with van der Waals surface area (Å²) in [6.45, 7) is 1.81. The average Bonchev–Trinajstić information content (AvgIpc) is 2.80. The normalized spacial score (nSPS) is 15.8. The van der Waals surface area contributed by atoms with Crippen LogP contribution < -0.4 is 11.1 Å². The number of aliphatic hydroxyl groups is 2. The zero-order valence-corrected chi connectivity index (χ0v) is 20.8. The van der Waals surface area contributed by atoms with E-state index in [2.05, 4.69) is 24.9 Å². The fourth-order valence-electron chi connectivity index (χ4n) is 2.93. The van der Waals surface area contributed by atoms with Gasteiger partial charge in [0.05, 0.1) is 30.7 Å². The molecule has 0 aliphatic heterocycles. The van der Waals surface area contributed by atoms with E-state index >= 15 is 0 Å². The van der Waals surface area contributed by atoms with Crippen LogP contribution in [0.25, 0.3) is 0 Å². The number of aliphatic hydroxyl groups excluding tert-OH is 2. The molecular formula is C25H40N2O6S.